The number of carbonyl (C=O) groups excluding carboxylic acids is 1. The second kappa shape index (κ2) is 5.98. The van der Waals surface area contributed by atoms with Crippen LogP contribution in [0.2, 0.25) is 0 Å². The Labute approximate surface area is 119 Å². The van der Waals surface area contributed by atoms with E-state index in [0.29, 0.717) is 23.7 Å². The average Bonchev–Trinajstić information content (AvgIpc) is 2.98. The van der Waals surface area contributed by atoms with Gasteiger partial charge in [-0.2, -0.15) is 4.37 Å². The second-order valence-electron chi connectivity index (χ2n) is 3.80. The molecule has 2 aromatic rings. The van der Waals surface area contributed by atoms with Gasteiger partial charge in [-0.05, 0) is 18.5 Å². The lowest BCUT2D eigenvalue weighted by molar-refractivity contribution is 0.0528. The van der Waals surface area contributed by atoms with Crippen molar-refractivity contribution in [3.8, 4) is 0 Å². The topological polar surface area (TPSA) is 81.3 Å². The predicted molar refractivity (Wildman–Crippen MR) is 76.7 cm³/mol. The number of nitrogen functional groups attached to an aromatic ring is 1. The zero-order valence-electron chi connectivity index (χ0n) is 10.6. The molecule has 19 heavy (non-hydrogen) atoms. The van der Waals surface area contributed by atoms with Gasteiger partial charge in [-0.25, -0.2) is 9.78 Å². The zero-order chi connectivity index (χ0) is 13.8. The molecule has 0 radical (unpaired) electrons. The van der Waals surface area contributed by atoms with Crippen LogP contribution in [0.4, 0.5) is 10.8 Å². The van der Waals surface area contributed by atoms with Crippen LogP contribution in [0.1, 0.15) is 23.0 Å². The molecular formula is C11H14N4O2S2. The normalized spacial score (nSPS) is 10.4. The summed E-state index contributed by atoms with van der Waals surface area (Å²) in [6.07, 6.45) is 0. The molecule has 2 N–H and O–H groups in total. The molecule has 2 aromatic heterocycles. The van der Waals surface area contributed by atoms with Crippen LogP contribution in [0, 0.1) is 0 Å². The standard InChI is InChI=1S/C11H14N4O2S2/c1-3-17-11(16)8-9(12)14-19-10(8)15(2)4-7-5-18-6-13-7/h5-6H,3-4H2,1-2H3,(H2,12,14). The van der Waals surface area contributed by atoms with Gasteiger partial charge in [0.05, 0.1) is 24.4 Å². The highest BCUT2D eigenvalue weighted by atomic mass is 32.1. The molecule has 0 atom stereocenters. The van der Waals surface area contributed by atoms with Crippen molar-refractivity contribution < 1.29 is 9.53 Å². The Hall–Kier alpha value is -1.67. The van der Waals surface area contributed by atoms with Gasteiger partial charge in [0.1, 0.15) is 10.6 Å². The summed E-state index contributed by atoms with van der Waals surface area (Å²) in [5.74, 6) is -0.225. The number of hydrogen-bond donors (Lipinski definition) is 1. The summed E-state index contributed by atoms with van der Waals surface area (Å²) in [6.45, 7) is 2.66. The van der Waals surface area contributed by atoms with Crippen LogP contribution < -0.4 is 10.6 Å². The molecule has 0 unspecified atom stereocenters. The highest BCUT2D eigenvalue weighted by molar-refractivity contribution is 7.11. The van der Waals surface area contributed by atoms with Gasteiger partial charge in [-0.15, -0.1) is 11.3 Å². The lowest BCUT2D eigenvalue weighted by Crippen LogP contribution is -2.19. The first-order valence-corrected chi connectivity index (χ1v) is 7.35. The van der Waals surface area contributed by atoms with Crippen molar-refractivity contribution in [3.63, 3.8) is 0 Å². The molecule has 0 saturated heterocycles. The lowest BCUT2D eigenvalue weighted by atomic mass is 10.3. The van der Waals surface area contributed by atoms with Crippen LogP contribution in [0.25, 0.3) is 0 Å². The Morgan fingerprint density at radius 1 is 1.58 bits per heavy atom. The number of carbonyl (C=O) groups is 1. The third-order valence-corrected chi connectivity index (χ3v) is 4.02. The van der Waals surface area contributed by atoms with Crippen molar-refractivity contribution in [3.05, 3.63) is 22.1 Å². The largest absolute Gasteiger partial charge is 0.462 e. The van der Waals surface area contributed by atoms with Crippen molar-refractivity contribution in [1.82, 2.24) is 9.36 Å². The molecular weight excluding hydrogens is 284 g/mol. The maximum atomic E-state index is 11.9. The number of ether oxygens (including phenoxy) is 1. The number of nitrogens with zero attached hydrogens (tertiary/aromatic N) is 3. The second-order valence-corrected chi connectivity index (χ2v) is 5.27. The smallest absolute Gasteiger partial charge is 0.345 e. The molecule has 6 nitrogen and oxygen atoms in total. The zero-order valence-corrected chi connectivity index (χ0v) is 12.3. The molecule has 2 heterocycles. The maximum Gasteiger partial charge on any atom is 0.345 e. The minimum absolute atomic E-state index is 0.212. The average molecular weight is 298 g/mol. The lowest BCUT2D eigenvalue weighted by Gasteiger charge is -2.16. The van der Waals surface area contributed by atoms with Crippen molar-refractivity contribution >= 4 is 39.7 Å². The van der Waals surface area contributed by atoms with Gasteiger partial charge in [-0.3, -0.25) is 0 Å². The Kier molecular flexibility index (Phi) is 4.33. The Balaban J connectivity index is 2.22. The Morgan fingerprint density at radius 2 is 2.37 bits per heavy atom. The molecule has 2 rings (SSSR count). The van der Waals surface area contributed by atoms with Crippen LogP contribution in [-0.2, 0) is 11.3 Å². The van der Waals surface area contributed by atoms with Crippen LogP contribution >= 0.6 is 22.9 Å². The maximum absolute atomic E-state index is 11.9. The third kappa shape index (κ3) is 3.02. The first-order chi connectivity index (χ1) is 9.13. The highest BCUT2D eigenvalue weighted by Crippen LogP contribution is 2.31. The molecule has 0 aromatic carbocycles. The molecule has 0 saturated carbocycles. The van der Waals surface area contributed by atoms with E-state index in [2.05, 4.69) is 9.36 Å². The fourth-order valence-corrected chi connectivity index (χ4v) is 2.89. The fraction of sp³-hybridized carbons (Fsp3) is 0.364. The monoisotopic (exact) mass is 298 g/mol. The summed E-state index contributed by atoms with van der Waals surface area (Å²) < 4.78 is 9.03. The van der Waals surface area contributed by atoms with Gasteiger partial charge < -0.3 is 15.4 Å². The minimum Gasteiger partial charge on any atom is -0.462 e. The first-order valence-electron chi connectivity index (χ1n) is 5.64. The fourth-order valence-electron chi connectivity index (χ4n) is 1.58. The summed E-state index contributed by atoms with van der Waals surface area (Å²) in [4.78, 5) is 18.0. The summed E-state index contributed by atoms with van der Waals surface area (Å²) >= 11 is 2.72. The number of rotatable bonds is 5. The molecule has 0 aliphatic heterocycles. The predicted octanol–water partition coefficient (Wildman–Crippen LogP) is 1.99. The third-order valence-electron chi connectivity index (χ3n) is 2.41. The van der Waals surface area contributed by atoms with E-state index < -0.39 is 5.97 Å². The number of esters is 1. The quantitative estimate of drug-likeness (QED) is 0.850. The van der Waals surface area contributed by atoms with E-state index in [1.807, 2.05) is 17.3 Å². The summed E-state index contributed by atoms with van der Waals surface area (Å²) in [6, 6.07) is 0. The Bertz CT molecular complexity index is 553. The molecule has 0 fully saturated rings. The minimum atomic E-state index is -0.436. The van der Waals surface area contributed by atoms with Crippen molar-refractivity contribution in [2.45, 2.75) is 13.5 Å². The van der Waals surface area contributed by atoms with Crippen LogP contribution in [0.15, 0.2) is 10.9 Å². The summed E-state index contributed by atoms with van der Waals surface area (Å²) in [5, 5.41) is 2.66. The SMILES string of the molecule is CCOC(=O)c1c(N)nsc1N(C)Cc1cscn1. The van der Waals surface area contributed by atoms with Gasteiger partial charge in [-0.1, -0.05) is 0 Å². The molecule has 0 bridgehead atoms. The van der Waals surface area contributed by atoms with E-state index in [0.717, 1.165) is 5.69 Å². The van der Waals surface area contributed by atoms with Crippen LogP contribution in [0.5, 0.6) is 0 Å². The van der Waals surface area contributed by atoms with Crippen LogP contribution in [-0.4, -0.2) is 29.0 Å². The van der Waals surface area contributed by atoms with E-state index in [9.17, 15) is 4.79 Å². The van der Waals surface area contributed by atoms with E-state index in [-0.39, 0.29) is 5.82 Å². The number of aromatic nitrogens is 2. The van der Waals surface area contributed by atoms with Gasteiger partial charge >= 0.3 is 5.97 Å². The number of hydrogen-bond acceptors (Lipinski definition) is 8. The van der Waals surface area contributed by atoms with Gasteiger partial charge in [0, 0.05) is 12.4 Å². The molecule has 0 aliphatic rings. The number of anilines is 2. The number of thiazole rings is 1. The van der Waals surface area contributed by atoms with Crippen molar-refractivity contribution in [1.29, 1.82) is 0 Å². The molecule has 0 amide bonds. The summed E-state index contributed by atoms with van der Waals surface area (Å²) in [7, 11) is 1.87. The molecule has 8 heteroatoms. The van der Waals surface area contributed by atoms with Crippen molar-refractivity contribution in [2.24, 2.45) is 0 Å². The van der Waals surface area contributed by atoms with E-state index in [1.165, 1.54) is 22.9 Å². The van der Waals surface area contributed by atoms with Gasteiger partial charge in [0.25, 0.3) is 0 Å². The van der Waals surface area contributed by atoms with E-state index >= 15 is 0 Å². The molecule has 0 aliphatic carbocycles. The summed E-state index contributed by atoms with van der Waals surface area (Å²) in [5.41, 5.74) is 8.79. The Morgan fingerprint density at radius 3 is 3.00 bits per heavy atom. The molecule has 0 spiro atoms. The van der Waals surface area contributed by atoms with Gasteiger partial charge in [0.2, 0.25) is 0 Å². The van der Waals surface area contributed by atoms with Crippen molar-refractivity contribution in [2.75, 3.05) is 24.3 Å². The van der Waals surface area contributed by atoms with Gasteiger partial charge in [0.15, 0.2) is 5.82 Å². The molecule has 102 valence electrons. The first kappa shape index (κ1) is 13.8. The van der Waals surface area contributed by atoms with E-state index in [1.54, 1.807) is 12.4 Å². The van der Waals surface area contributed by atoms with Crippen LogP contribution in [0.3, 0.4) is 0 Å². The number of nitrogens with two attached hydrogens (primary N) is 1. The highest BCUT2D eigenvalue weighted by Gasteiger charge is 2.23. The van der Waals surface area contributed by atoms with E-state index in [4.69, 9.17) is 10.5 Å².